The fraction of sp³-hybridized carbons (Fsp3) is 0.500. The van der Waals surface area contributed by atoms with Crippen LogP contribution in [0.5, 0.6) is 0 Å². The second kappa shape index (κ2) is 6.81. The van der Waals surface area contributed by atoms with E-state index in [0.29, 0.717) is 13.1 Å². The van der Waals surface area contributed by atoms with E-state index in [1.54, 1.807) is 12.1 Å². The number of aliphatic hydroxyl groups excluding tert-OH is 1. The fourth-order valence-electron chi connectivity index (χ4n) is 3.51. The summed E-state index contributed by atoms with van der Waals surface area (Å²) in [6, 6.07) is 5.32. The summed E-state index contributed by atoms with van der Waals surface area (Å²) in [5.41, 5.74) is 5.58. The molecule has 5 heteroatoms. The van der Waals surface area contributed by atoms with Gasteiger partial charge in [-0.05, 0) is 56.4 Å². The number of benzene rings is 1. The number of hydrogen-bond acceptors (Lipinski definition) is 3. The number of aromatic nitrogens is 2. The van der Waals surface area contributed by atoms with E-state index in [1.807, 2.05) is 24.6 Å². The molecule has 1 aromatic heterocycles. The van der Waals surface area contributed by atoms with Gasteiger partial charge in [-0.25, -0.2) is 4.39 Å². The largest absolute Gasteiger partial charge is 0.394 e. The van der Waals surface area contributed by atoms with E-state index in [4.69, 9.17) is 5.11 Å². The standard InChI is InChI=1S/C18H24FN3O/c1-12-17(13(2)22(21-12)8-9-23)11-20-18-5-3-4-14-6-7-15(19)10-16(14)18/h6-7,10,18,20,23H,3-5,8-9,11H2,1-2H3. The molecule has 2 aromatic rings. The SMILES string of the molecule is Cc1nn(CCO)c(C)c1CNC1CCCc2ccc(F)cc21. The van der Waals surface area contributed by atoms with E-state index in [-0.39, 0.29) is 18.5 Å². The van der Waals surface area contributed by atoms with Gasteiger partial charge in [0, 0.05) is 23.8 Å². The van der Waals surface area contributed by atoms with Gasteiger partial charge < -0.3 is 10.4 Å². The maximum Gasteiger partial charge on any atom is 0.123 e. The zero-order valence-electron chi connectivity index (χ0n) is 13.8. The molecule has 1 aliphatic carbocycles. The lowest BCUT2D eigenvalue weighted by Crippen LogP contribution is -2.25. The second-order valence-corrected chi connectivity index (χ2v) is 6.26. The van der Waals surface area contributed by atoms with Gasteiger partial charge in [-0.15, -0.1) is 0 Å². The van der Waals surface area contributed by atoms with E-state index in [0.717, 1.165) is 36.2 Å². The first-order chi connectivity index (χ1) is 11.1. The van der Waals surface area contributed by atoms with Crippen LogP contribution >= 0.6 is 0 Å². The molecule has 4 nitrogen and oxygen atoms in total. The van der Waals surface area contributed by atoms with Crippen LogP contribution in [-0.4, -0.2) is 21.5 Å². The van der Waals surface area contributed by atoms with Crippen molar-refractivity contribution in [2.45, 2.75) is 52.2 Å². The van der Waals surface area contributed by atoms with Gasteiger partial charge in [0.05, 0.1) is 18.8 Å². The van der Waals surface area contributed by atoms with Gasteiger partial charge >= 0.3 is 0 Å². The third-order valence-corrected chi connectivity index (χ3v) is 4.79. The zero-order valence-corrected chi connectivity index (χ0v) is 13.8. The maximum atomic E-state index is 13.6. The smallest absolute Gasteiger partial charge is 0.123 e. The lowest BCUT2D eigenvalue weighted by atomic mass is 9.87. The van der Waals surface area contributed by atoms with Crippen LogP contribution in [0.25, 0.3) is 0 Å². The van der Waals surface area contributed by atoms with Crippen LogP contribution in [0.2, 0.25) is 0 Å². The van der Waals surface area contributed by atoms with Crippen molar-refractivity contribution in [3.05, 3.63) is 52.1 Å². The van der Waals surface area contributed by atoms with Gasteiger partial charge in [0.25, 0.3) is 0 Å². The molecule has 0 spiro atoms. The van der Waals surface area contributed by atoms with Crippen molar-refractivity contribution >= 4 is 0 Å². The summed E-state index contributed by atoms with van der Waals surface area (Å²) in [6.07, 6.45) is 3.18. The average molecular weight is 317 g/mol. The Hall–Kier alpha value is -1.72. The minimum absolute atomic E-state index is 0.0874. The van der Waals surface area contributed by atoms with Crippen LogP contribution in [0.4, 0.5) is 4.39 Å². The molecule has 1 aromatic carbocycles. The van der Waals surface area contributed by atoms with Crippen molar-refractivity contribution in [3.63, 3.8) is 0 Å². The molecule has 1 heterocycles. The molecule has 3 rings (SSSR count). The predicted molar refractivity (Wildman–Crippen MR) is 87.7 cm³/mol. The van der Waals surface area contributed by atoms with E-state index in [1.165, 1.54) is 11.1 Å². The first-order valence-corrected chi connectivity index (χ1v) is 8.25. The van der Waals surface area contributed by atoms with Crippen LogP contribution in [0.15, 0.2) is 18.2 Å². The highest BCUT2D eigenvalue weighted by atomic mass is 19.1. The molecule has 1 atom stereocenters. The van der Waals surface area contributed by atoms with Gasteiger partial charge in [-0.2, -0.15) is 5.10 Å². The lowest BCUT2D eigenvalue weighted by molar-refractivity contribution is 0.267. The van der Waals surface area contributed by atoms with E-state index < -0.39 is 0 Å². The van der Waals surface area contributed by atoms with Crippen molar-refractivity contribution in [2.24, 2.45) is 0 Å². The normalized spacial score (nSPS) is 17.3. The molecule has 0 saturated heterocycles. The highest BCUT2D eigenvalue weighted by molar-refractivity contribution is 5.33. The zero-order chi connectivity index (χ0) is 16.4. The summed E-state index contributed by atoms with van der Waals surface area (Å²) in [5.74, 6) is -0.166. The summed E-state index contributed by atoms with van der Waals surface area (Å²) in [6.45, 7) is 5.34. The van der Waals surface area contributed by atoms with Crippen molar-refractivity contribution in [1.82, 2.24) is 15.1 Å². The van der Waals surface area contributed by atoms with E-state index >= 15 is 0 Å². The summed E-state index contributed by atoms with van der Waals surface area (Å²) in [5, 5.41) is 17.2. The Bertz CT molecular complexity index is 696. The first-order valence-electron chi connectivity index (χ1n) is 8.25. The molecule has 0 bridgehead atoms. The molecular weight excluding hydrogens is 293 g/mol. The van der Waals surface area contributed by atoms with Crippen LogP contribution in [0.1, 0.15) is 47.0 Å². The average Bonchev–Trinajstić information content (AvgIpc) is 2.80. The molecule has 1 unspecified atom stereocenters. The Morgan fingerprint density at radius 1 is 1.39 bits per heavy atom. The van der Waals surface area contributed by atoms with Gasteiger partial charge in [-0.1, -0.05) is 6.07 Å². The highest BCUT2D eigenvalue weighted by Crippen LogP contribution is 2.30. The maximum absolute atomic E-state index is 13.6. The van der Waals surface area contributed by atoms with Gasteiger partial charge in [-0.3, -0.25) is 4.68 Å². The van der Waals surface area contributed by atoms with Crippen molar-refractivity contribution in [3.8, 4) is 0 Å². The number of aryl methyl sites for hydroxylation is 2. The molecule has 0 radical (unpaired) electrons. The Balaban J connectivity index is 1.76. The molecule has 0 aliphatic heterocycles. The van der Waals surface area contributed by atoms with Crippen LogP contribution in [0.3, 0.4) is 0 Å². The van der Waals surface area contributed by atoms with Gasteiger partial charge in [0.1, 0.15) is 5.82 Å². The van der Waals surface area contributed by atoms with Crippen LogP contribution in [-0.2, 0) is 19.5 Å². The quantitative estimate of drug-likeness (QED) is 0.891. The third kappa shape index (κ3) is 3.31. The number of hydrogen-bond donors (Lipinski definition) is 2. The number of halogens is 1. The lowest BCUT2D eigenvalue weighted by Gasteiger charge is -2.26. The second-order valence-electron chi connectivity index (χ2n) is 6.26. The molecule has 0 fully saturated rings. The summed E-state index contributed by atoms with van der Waals surface area (Å²) >= 11 is 0. The van der Waals surface area contributed by atoms with Crippen LogP contribution < -0.4 is 5.32 Å². The minimum atomic E-state index is -0.166. The number of rotatable bonds is 5. The molecule has 0 amide bonds. The van der Waals surface area contributed by atoms with Crippen molar-refractivity contribution < 1.29 is 9.50 Å². The number of nitrogens with one attached hydrogen (secondary N) is 1. The van der Waals surface area contributed by atoms with Crippen LogP contribution in [0, 0.1) is 19.7 Å². The Labute approximate surface area is 136 Å². The monoisotopic (exact) mass is 317 g/mol. The Morgan fingerprint density at radius 2 is 2.22 bits per heavy atom. The molecular formula is C18H24FN3O. The number of nitrogens with zero attached hydrogens (tertiary/aromatic N) is 2. The van der Waals surface area contributed by atoms with Gasteiger partial charge in [0.15, 0.2) is 0 Å². The third-order valence-electron chi connectivity index (χ3n) is 4.79. The summed E-state index contributed by atoms with van der Waals surface area (Å²) < 4.78 is 15.4. The molecule has 2 N–H and O–H groups in total. The predicted octanol–water partition coefficient (Wildman–Crippen LogP) is 2.80. The first kappa shape index (κ1) is 16.1. The minimum Gasteiger partial charge on any atom is -0.394 e. The topological polar surface area (TPSA) is 50.1 Å². The Morgan fingerprint density at radius 3 is 3.00 bits per heavy atom. The molecule has 124 valence electrons. The van der Waals surface area contributed by atoms with E-state index in [9.17, 15) is 4.39 Å². The van der Waals surface area contributed by atoms with E-state index in [2.05, 4.69) is 10.4 Å². The van der Waals surface area contributed by atoms with Crippen molar-refractivity contribution in [1.29, 1.82) is 0 Å². The Kier molecular flexibility index (Phi) is 4.78. The highest BCUT2D eigenvalue weighted by Gasteiger charge is 2.21. The fourth-order valence-corrected chi connectivity index (χ4v) is 3.51. The number of fused-ring (bicyclic) bond motifs is 1. The summed E-state index contributed by atoms with van der Waals surface area (Å²) in [4.78, 5) is 0. The molecule has 23 heavy (non-hydrogen) atoms. The van der Waals surface area contributed by atoms with Crippen molar-refractivity contribution in [2.75, 3.05) is 6.61 Å². The summed E-state index contributed by atoms with van der Waals surface area (Å²) in [7, 11) is 0. The number of aliphatic hydroxyl groups is 1. The van der Waals surface area contributed by atoms with Gasteiger partial charge in [0.2, 0.25) is 0 Å². The molecule has 0 saturated carbocycles. The molecule has 1 aliphatic rings.